The van der Waals surface area contributed by atoms with Crippen LogP contribution >= 0.6 is 0 Å². The zero-order chi connectivity index (χ0) is 18.6. The summed E-state index contributed by atoms with van der Waals surface area (Å²) in [6.45, 7) is 12.7. The lowest BCUT2D eigenvalue weighted by atomic mass is 9.94. The van der Waals surface area contributed by atoms with Crippen molar-refractivity contribution in [3.05, 3.63) is 17.8 Å². The fraction of sp³-hybridized carbons (Fsp3) is 0.750. The number of hydrogen-bond acceptors (Lipinski definition) is 5. The second-order valence-corrected chi connectivity index (χ2v) is 10.1. The van der Waals surface area contributed by atoms with Gasteiger partial charge in [0.25, 0.3) is 0 Å². The van der Waals surface area contributed by atoms with Crippen LogP contribution in [0.4, 0.5) is 0 Å². The fourth-order valence-corrected chi connectivity index (χ4v) is 1.98. The van der Waals surface area contributed by atoms with Crippen LogP contribution in [0.3, 0.4) is 0 Å². The van der Waals surface area contributed by atoms with E-state index in [1.54, 1.807) is 20.0 Å². The number of hydrogen-bond donors (Lipinski definition) is 2. The Morgan fingerprint density at radius 1 is 1.25 bits per heavy atom. The third-order valence-corrected chi connectivity index (χ3v) is 5.85. The molecule has 0 radical (unpaired) electrons. The Morgan fingerprint density at radius 2 is 1.88 bits per heavy atom. The third-order valence-electron chi connectivity index (χ3n) is 3.69. The van der Waals surface area contributed by atoms with E-state index in [9.17, 15) is 8.42 Å². The quantitative estimate of drug-likeness (QED) is 0.595. The highest BCUT2D eigenvalue weighted by Crippen LogP contribution is 2.22. The summed E-state index contributed by atoms with van der Waals surface area (Å²) in [6, 6.07) is 0. The summed E-state index contributed by atoms with van der Waals surface area (Å²) in [6.07, 6.45) is 2.96. The predicted octanol–water partition coefficient (Wildman–Crippen LogP) is 1.85. The first-order chi connectivity index (χ1) is 10.9. The van der Waals surface area contributed by atoms with E-state index in [1.165, 1.54) is 6.26 Å². The van der Waals surface area contributed by atoms with Crippen LogP contribution in [0.2, 0.25) is 0 Å². The molecule has 1 rings (SSSR count). The second-order valence-electron chi connectivity index (χ2n) is 7.45. The Balaban J connectivity index is 2.78. The molecular formula is C16H30N4O3S. The van der Waals surface area contributed by atoms with Crippen molar-refractivity contribution in [3.63, 3.8) is 0 Å². The van der Waals surface area contributed by atoms with Gasteiger partial charge < -0.3 is 15.1 Å². The molecular weight excluding hydrogens is 328 g/mol. The predicted molar refractivity (Wildman–Crippen MR) is 96.9 cm³/mol. The lowest BCUT2D eigenvalue weighted by Gasteiger charge is -2.24. The van der Waals surface area contributed by atoms with Crippen LogP contribution in [0, 0.1) is 0 Å². The SMILES string of the molecule is CCNC(=NCc1ncc(C(C)(C)C)o1)NCC(C)(C)S(C)(=O)=O. The van der Waals surface area contributed by atoms with E-state index in [4.69, 9.17) is 4.42 Å². The number of nitrogens with zero attached hydrogens (tertiary/aromatic N) is 2. The molecule has 0 aliphatic rings. The van der Waals surface area contributed by atoms with E-state index in [0.29, 0.717) is 18.4 Å². The van der Waals surface area contributed by atoms with Gasteiger partial charge in [-0.25, -0.2) is 18.4 Å². The van der Waals surface area contributed by atoms with Crippen LogP contribution in [0.1, 0.15) is 53.2 Å². The van der Waals surface area contributed by atoms with Crippen molar-refractivity contribution in [2.24, 2.45) is 4.99 Å². The summed E-state index contributed by atoms with van der Waals surface area (Å²) in [4.78, 5) is 8.65. The Labute approximate surface area is 145 Å². The molecule has 24 heavy (non-hydrogen) atoms. The fourth-order valence-electron chi connectivity index (χ4n) is 1.65. The van der Waals surface area contributed by atoms with Gasteiger partial charge in [-0.15, -0.1) is 0 Å². The largest absolute Gasteiger partial charge is 0.443 e. The lowest BCUT2D eigenvalue weighted by molar-refractivity contribution is 0.383. The van der Waals surface area contributed by atoms with Gasteiger partial charge in [-0.2, -0.15) is 0 Å². The molecule has 0 saturated carbocycles. The van der Waals surface area contributed by atoms with E-state index in [1.807, 2.05) is 6.92 Å². The van der Waals surface area contributed by atoms with Crippen LogP contribution in [0.15, 0.2) is 15.6 Å². The number of guanidine groups is 1. The Kier molecular flexibility index (Phi) is 6.44. The molecule has 0 aromatic carbocycles. The van der Waals surface area contributed by atoms with Gasteiger partial charge in [-0.3, -0.25) is 0 Å². The Bertz CT molecular complexity index is 670. The van der Waals surface area contributed by atoms with E-state index < -0.39 is 14.6 Å². The highest BCUT2D eigenvalue weighted by molar-refractivity contribution is 7.92. The third kappa shape index (κ3) is 5.81. The van der Waals surface area contributed by atoms with Crippen molar-refractivity contribution < 1.29 is 12.8 Å². The minimum absolute atomic E-state index is 0.1000. The molecule has 0 bridgehead atoms. The minimum atomic E-state index is -3.17. The van der Waals surface area contributed by atoms with Gasteiger partial charge in [0.1, 0.15) is 12.3 Å². The average molecular weight is 359 g/mol. The molecule has 0 saturated heterocycles. The number of rotatable bonds is 6. The Morgan fingerprint density at radius 3 is 2.33 bits per heavy atom. The number of oxazole rings is 1. The average Bonchev–Trinajstić information content (AvgIpc) is 2.89. The molecule has 8 heteroatoms. The number of nitrogens with one attached hydrogen (secondary N) is 2. The summed E-state index contributed by atoms with van der Waals surface area (Å²) in [5, 5.41) is 6.15. The van der Waals surface area contributed by atoms with Crippen molar-refractivity contribution in [2.45, 2.75) is 58.2 Å². The summed E-state index contributed by atoms with van der Waals surface area (Å²) < 4.78 is 28.4. The van der Waals surface area contributed by atoms with Crippen LogP contribution < -0.4 is 10.6 Å². The maximum absolute atomic E-state index is 11.8. The van der Waals surface area contributed by atoms with Gasteiger partial charge in [-0.1, -0.05) is 20.8 Å². The van der Waals surface area contributed by atoms with Crippen molar-refractivity contribution >= 4 is 15.8 Å². The van der Waals surface area contributed by atoms with E-state index >= 15 is 0 Å². The first-order valence-corrected chi connectivity index (χ1v) is 9.93. The number of aromatic nitrogens is 1. The van der Waals surface area contributed by atoms with Crippen LogP contribution in [-0.4, -0.2) is 43.5 Å². The molecule has 0 amide bonds. The molecule has 1 heterocycles. The molecule has 0 unspecified atom stereocenters. The molecule has 0 aliphatic carbocycles. The van der Waals surface area contributed by atoms with Crippen molar-refractivity contribution in [1.82, 2.24) is 15.6 Å². The van der Waals surface area contributed by atoms with Crippen molar-refractivity contribution in [3.8, 4) is 0 Å². The summed E-state index contributed by atoms with van der Waals surface area (Å²) in [7, 11) is -3.17. The second kappa shape index (κ2) is 7.55. The van der Waals surface area contributed by atoms with Crippen molar-refractivity contribution in [1.29, 1.82) is 0 Å². The smallest absolute Gasteiger partial charge is 0.216 e. The van der Waals surface area contributed by atoms with Gasteiger partial charge in [0.15, 0.2) is 15.8 Å². The maximum Gasteiger partial charge on any atom is 0.216 e. The van der Waals surface area contributed by atoms with Gasteiger partial charge in [0, 0.05) is 24.8 Å². The highest BCUT2D eigenvalue weighted by Gasteiger charge is 2.30. The monoisotopic (exact) mass is 358 g/mol. The van der Waals surface area contributed by atoms with Gasteiger partial charge >= 0.3 is 0 Å². The van der Waals surface area contributed by atoms with Crippen molar-refractivity contribution in [2.75, 3.05) is 19.3 Å². The molecule has 1 aromatic heterocycles. The highest BCUT2D eigenvalue weighted by atomic mass is 32.2. The van der Waals surface area contributed by atoms with Crippen LogP contribution in [0.5, 0.6) is 0 Å². The molecule has 0 atom stereocenters. The summed E-state index contributed by atoms with van der Waals surface area (Å²) in [5.74, 6) is 1.87. The normalized spacial score (nSPS) is 13.9. The number of sulfone groups is 1. The first kappa shape index (κ1) is 20.5. The molecule has 0 fully saturated rings. The van der Waals surface area contributed by atoms with Gasteiger partial charge in [-0.05, 0) is 20.8 Å². The molecule has 138 valence electrons. The first-order valence-electron chi connectivity index (χ1n) is 8.04. The molecule has 1 aromatic rings. The van der Waals surface area contributed by atoms with E-state index in [2.05, 4.69) is 41.4 Å². The van der Waals surface area contributed by atoms with Gasteiger partial charge in [0.2, 0.25) is 5.89 Å². The zero-order valence-corrected chi connectivity index (χ0v) is 16.5. The molecule has 0 aliphatic heterocycles. The molecule has 7 nitrogen and oxygen atoms in total. The number of aliphatic imine (C=N–C) groups is 1. The Hall–Kier alpha value is -1.57. The standard InChI is InChI=1S/C16H30N4O3S/c1-8-17-14(20-11-16(5,6)24(7,21)22)19-10-13-18-9-12(23-13)15(2,3)4/h9H,8,10-11H2,1-7H3,(H2,17,19,20). The molecule has 0 spiro atoms. The minimum Gasteiger partial charge on any atom is -0.443 e. The maximum atomic E-state index is 11.8. The summed E-state index contributed by atoms with van der Waals surface area (Å²) in [5.41, 5.74) is -0.1000. The topological polar surface area (TPSA) is 96.6 Å². The van der Waals surface area contributed by atoms with Crippen LogP contribution in [0.25, 0.3) is 0 Å². The van der Waals surface area contributed by atoms with E-state index in [0.717, 1.165) is 5.76 Å². The van der Waals surface area contributed by atoms with Crippen LogP contribution in [-0.2, 0) is 21.8 Å². The van der Waals surface area contributed by atoms with Gasteiger partial charge in [0.05, 0.1) is 10.9 Å². The molecule has 2 N–H and O–H groups in total. The zero-order valence-electron chi connectivity index (χ0n) is 15.7. The lowest BCUT2D eigenvalue weighted by Crippen LogP contribution is -2.47. The van der Waals surface area contributed by atoms with E-state index in [-0.39, 0.29) is 18.5 Å². The summed E-state index contributed by atoms with van der Waals surface area (Å²) >= 11 is 0.